The van der Waals surface area contributed by atoms with Gasteiger partial charge in [-0.05, 0) is 73.0 Å². The van der Waals surface area contributed by atoms with E-state index >= 15 is 0 Å². The topological polar surface area (TPSA) is 9.23 Å². The van der Waals surface area contributed by atoms with Crippen molar-refractivity contribution in [1.29, 1.82) is 0 Å². The fourth-order valence-electron chi connectivity index (χ4n) is 4.98. The third-order valence-electron chi connectivity index (χ3n) is 7.09. The normalized spacial score (nSPS) is 21.4. The molecule has 1 heteroatoms. The molecule has 0 aliphatic heterocycles. The van der Waals surface area contributed by atoms with Crippen LogP contribution in [0, 0.1) is 17.8 Å². The Balaban J connectivity index is 1.38. The van der Waals surface area contributed by atoms with Crippen molar-refractivity contribution in [2.75, 3.05) is 7.11 Å². The first-order valence-electron chi connectivity index (χ1n) is 11.5. The minimum absolute atomic E-state index is 0.238. The zero-order chi connectivity index (χ0) is 20.5. The lowest BCUT2D eigenvalue weighted by molar-refractivity contribution is 0.0833. The van der Waals surface area contributed by atoms with Crippen molar-refractivity contribution in [3.8, 4) is 0 Å². The van der Waals surface area contributed by atoms with Gasteiger partial charge >= 0.3 is 0 Å². The molecular formula is C28H38O. The van der Waals surface area contributed by atoms with Crippen LogP contribution in [-0.2, 0) is 11.2 Å². The highest BCUT2D eigenvalue weighted by Gasteiger charge is 2.25. The molecule has 0 amide bonds. The van der Waals surface area contributed by atoms with E-state index in [1.807, 2.05) is 13.2 Å². The third kappa shape index (κ3) is 6.57. The lowest BCUT2D eigenvalue weighted by Crippen LogP contribution is -2.21. The van der Waals surface area contributed by atoms with Gasteiger partial charge in [-0.25, -0.2) is 0 Å². The Morgan fingerprint density at radius 3 is 2.28 bits per heavy atom. The van der Waals surface area contributed by atoms with Gasteiger partial charge in [0, 0.05) is 7.11 Å². The summed E-state index contributed by atoms with van der Waals surface area (Å²) in [7, 11) is 1.85. The lowest BCUT2D eigenvalue weighted by atomic mass is 9.73. The van der Waals surface area contributed by atoms with Crippen molar-refractivity contribution in [1.82, 2.24) is 0 Å². The Morgan fingerprint density at radius 2 is 1.66 bits per heavy atom. The van der Waals surface area contributed by atoms with E-state index in [4.69, 9.17) is 4.74 Å². The summed E-state index contributed by atoms with van der Waals surface area (Å²) >= 11 is 0. The van der Waals surface area contributed by atoms with Gasteiger partial charge in [-0.15, -0.1) is 0 Å². The molecule has 1 saturated carbocycles. The van der Waals surface area contributed by atoms with Gasteiger partial charge in [0.2, 0.25) is 0 Å². The molecule has 0 saturated heterocycles. The average Bonchev–Trinajstić information content (AvgIpc) is 2.79. The molecule has 2 unspecified atom stereocenters. The van der Waals surface area contributed by atoms with Gasteiger partial charge in [-0.2, -0.15) is 0 Å². The molecule has 156 valence electrons. The molecule has 1 fully saturated rings. The third-order valence-corrected chi connectivity index (χ3v) is 7.09. The molecule has 0 spiro atoms. The van der Waals surface area contributed by atoms with E-state index in [1.54, 1.807) is 0 Å². The zero-order valence-corrected chi connectivity index (χ0v) is 18.4. The maximum Gasteiger partial charge on any atom is 0.0821 e. The van der Waals surface area contributed by atoms with Crippen LogP contribution in [0.15, 0.2) is 61.2 Å². The summed E-state index contributed by atoms with van der Waals surface area (Å²) in [5.74, 6) is 2.60. The molecule has 2 aromatic carbocycles. The second-order valence-corrected chi connectivity index (χ2v) is 8.95. The summed E-state index contributed by atoms with van der Waals surface area (Å²) in [6.45, 7) is 6.30. The molecule has 2 atom stereocenters. The number of aryl methyl sites for hydroxylation is 1. The minimum atomic E-state index is 0.238. The lowest BCUT2D eigenvalue weighted by Gasteiger charge is -2.33. The largest absolute Gasteiger partial charge is 0.377 e. The maximum absolute atomic E-state index is 5.77. The summed E-state index contributed by atoms with van der Waals surface area (Å²) in [5, 5.41) is 0. The quantitative estimate of drug-likeness (QED) is 0.401. The van der Waals surface area contributed by atoms with Gasteiger partial charge in [-0.1, -0.05) is 87.0 Å². The van der Waals surface area contributed by atoms with E-state index in [0.29, 0.717) is 0 Å². The number of methoxy groups -OCH3 is 1. The van der Waals surface area contributed by atoms with Crippen molar-refractivity contribution in [2.24, 2.45) is 17.8 Å². The molecule has 3 rings (SSSR count). The van der Waals surface area contributed by atoms with Crippen molar-refractivity contribution in [2.45, 2.75) is 64.4 Å². The van der Waals surface area contributed by atoms with Crippen LogP contribution < -0.4 is 0 Å². The van der Waals surface area contributed by atoms with Crippen LogP contribution in [0.2, 0.25) is 0 Å². The molecule has 29 heavy (non-hydrogen) atoms. The summed E-state index contributed by atoms with van der Waals surface area (Å²) in [6, 6.07) is 19.6. The Bertz CT molecular complexity index is 710. The Hall–Kier alpha value is -1.86. The second kappa shape index (κ2) is 11.4. The molecule has 0 radical (unpaired) electrons. The van der Waals surface area contributed by atoms with Crippen LogP contribution in [0.1, 0.15) is 74.7 Å². The van der Waals surface area contributed by atoms with Gasteiger partial charge in [0.1, 0.15) is 0 Å². The van der Waals surface area contributed by atoms with Gasteiger partial charge in [0.25, 0.3) is 0 Å². The molecule has 0 aromatic heterocycles. The molecule has 1 aliphatic carbocycles. The number of hydrogen-bond acceptors (Lipinski definition) is 1. The molecule has 2 aromatic rings. The van der Waals surface area contributed by atoms with Crippen LogP contribution >= 0.6 is 0 Å². The second-order valence-electron chi connectivity index (χ2n) is 8.95. The zero-order valence-electron chi connectivity index (χ0n) is 18.4. The van der Waals surface area contributed by atoms with Gasteiger partial charge < -0.3 is 4.74 Å². The van der Waals surface area contributed by atoms with Gasteiger partial charge in [0.15, 0.2) is 0 Å². The number of hydrogen-bond donors (Lipinski definition) is 0. The fraction of sp³-hybridized carbons (Fsp3) is 0.500. The molecule has 0 heterocycles. The summed E-state index contributed by atoms with van der Waals surface area (Å²) < 4.78 is 5.77. The predicted octanol–water partition coefficient (Wildman–Crippen LogP) is 7.87. The highest BCUT2D eigenvalue weighted by Crippen LogP contribution is 2.38. The highest BCUT2D eigenvalue weighted by atomic mass is 16.5. The van der Waals surface area contributed by atoms with Crippen molar-refractivity contribution >= 4 is 6.08 Å². The molecule has 0 N–H and O–H groups in total. The summed E-state index contributed by atoms with van der Waals surface area (Å²) in [6.07, 6.45) is 12.7. The average molecular weight is 391 g/mol. The SMILES string of the molecule is C=Cc1ccc(CCC2CCC(C(C)CCC(OC)c3ccccc3)CC2)cc1. The Morgan fingerprint density at radius 1 is 0.966 bits per heavy atom. The first-order chi connectivity index (χ1) is 14.2. The molecule has 1 nitrogen and oxygen atoms in total. The smallest absolute Gasteiger partial charge is 0.0821 e. The summed E-state index contributed by atoms with van der Waals surface area (Å²) in [5.41, 5.74) is 4.00. The van der Waals surface area contributed by atoms with Crippen LogP contribution in [0.3, 0.4) is 0 Å². The number of rotatable bonds is 10. The maximum atomic E-state index is 5.77. The number of benzene rings is 2. The van der Waals surface area contributed by atoms with Gasteiger partial charge in [-0.3, -0.25) is 0 Å². The van der Waals surface area contributed by atoms with Gasteiger partial charge in [0.05, 0.1) is 6.10 Å². The van der Waals surface area contributed by atoms with E-state index in [9.17, 15) is 0 Å². The first kappa shape index (κ1) is 21.8. The van der Waals surface area contributed by atoms with E-state index < -0.39 is 0 Å². The molecule has 1 aliphatic rings. The molecule has 0 bridgehead atoms. The Labute approximate surface area is 178 Å². The number of ether oxygens (including phenoxy) is 1. The van der Waals surface area contributed by atoms with E-state index in [0.717, 1.165) is 24.2 Å². The first-order valence-corrected chi connectivity index (χ1v) is 11.5. The standard InChI is InChI=1S/C28H38O/c1-4-23-11-13-24(14-12-23)15-16-25-17-19-26(20-18-25)22(2)10-21-28(29-3)27-8-6-5-7-9-27/h4-9,11-14,22,25-26,28H,1,10,15-21H2,2-3H3. The minimum Gasteiger partial charge on any atom is -0.377 e. The van der Waals surface area contributed by atoms with Crippen LogP contribution in [0.4, 0.5) is 0 Å². The predicted molar refractivity (Wildman–Crippen MR) is 125 cm³/mol. The van der Waals surface area contributed by atoms with Crippen molar-refractivity contribution in [3.63, 3.8) is 0 Å². The van der Waals surface area contributed by atoms with Crippen molar-refractivity contribution < 1.29 is 4.74 Å². The highest BCUT2D eigenvalue weighted by molar-refractivity contribution is 5.47. The fourth-order valence-corrected chi connectivity index (χ4v) is 4.98. The monoisotopic (exact) mass is 390 g/mol. The molecular weight excluding hydrogens is 352 g/mol. The van der Waals surface area contributed by atoms with Crippen LogP contribution in [-0.4, -0.2) is 7.11 Å². The van der Waals surface area contributed by atoms with E-state index in [2.05, 4.69) is 68.1 Å². The van der Waals surface area contributed by atoms with Crippen LogP contribution in [0.25, 0.3) is 6.08 Å². The van der Waals surface area contributed by atoms with E-state index in [1.165, 1.54) is 61.6 Å². The van der Waals surface area contributed by atoms with Crippen LogP contribution in [0.5, 0.6) is 0 Å². The Kier molecular flexibility index (Phi) is 8.55. The van der Waals surface area contributed by atoms with Crippen molar-refractivity contribution in [3.05, 3.63) is 77.9 Å². The summed E-state index contributed by atoms with van der Waals surface area (Å²) in [4.78, 5) is 0. The van der Waals surface area contributed by atoms with E-state index in [-0.39, 0.29) is 6.10 Å².